The lowest BCUT2D eigenvalue weighted by Crippen LogP contribution is -2.26. The predicted octanol–water partition coefficient (Wildman–Crippen LogP) is 5.74. The number of carbonyl (C=O) groups excluding carboxylic acids is 1. The summed E-state index contributed by atoms with van der Waals surface area (Å²) in [4.78, 5) is 14.5. The zero-order valence-corrected chi connectivity index (χ0v) is 17.0. The van der Waals surface area contributed by atoms with Crippen LogP contribution < -0.4 is 15.4 Å². The van der Waals surface area contributed by atoms with Gasteiger partial charge in [-0.1, -0.05) is 30.3 Å². The molecule has 0 radical (unpaired) electrons. The Bertz CT molecular complexity index is 1070. The number of methoxy groups -OCH3 is 1. The summed E-state index contributed by atoms with van der Waals surface area (Å²) in [6.45, 7) is 0. The Balaban J connectivity index is 1.56. The number of thiophene rings is 1. The van der Waals surface area contributed by atoms with Crippen molar-refractivity contribution in [3.63, 3.8) is 0 Å². The second kappa shape index (κ2) is 7.41. The number of nitrogens with one attached hydrogen (secondary N) is 2. The van der Waals surface area contributed by atoms with Gasteiger partial charge in [-0.3, -0.25) is 4.79 Å². The van der Waals surface area contributed by atoms with Crippen molar-refractivity contribution in [3.8, 4) is 5.75 Å². The lowest BCUT2D eigenvalue weighted by molar-refractivity contribution is -0.116. The molecule has 2 heterocycles. The van der Waals surface area contributed by atoms with Crippen LogP contribution in [0.4, 0.5) is 11.4 Å². The molecule has 0 saturated carbocycles. The zero-order valence-electron chi connectivity index (χ0n) is 16.1. The van der Waals surface area contributed by atoms with Gasteiger partial charge in [-0.15, -0.1) is 11.3 Å². The number of fused-ring (bicyclic) bond motifs is 1. The Hall–Kier alpha value is -3.05. The molecular weight excluding hydrogens is 380 g/mol. The molecule has 2 aliphatic rings. The molecule has 0 bridgehead atoms. The number of hydrogen-bond acceptors (Lipinski definition) is 5. The van der Waals surface area contributed by atoms with Crippen molar-refractivity contribution in [2.45, 2.75) is 24.8 Å². The molecule has 29 heavy (non-hydrogen) atoms. The summed E-state index contributed by atoms with van der Waals surface area (Å²) in [5.74, 6) is 1.20. The van der Waals surface area contributed by atoms with Crippen LogP contribution in [0.2, 0.25) is 0 Å². The highest BCUT2D eigenvalue weighted by molar-refractivity contribution is 7.10. The fraction of sp³-hybridized carbons (Fsp3) is 0.208. The average molecular weight is 403 g/mol. The van der Waals surface area contributed by atoms with Gasteiger partial charge in [-0.2, -0.15) is 0 Å². The van der Waals surface area contributed by atoms with E-state index >= 15 is 0 Å². The Morgan fingerprint density at radius 2 is 1.76 bits per heavy atom. The molecule has 5 heteroatoms. The number of para-hydroxylation sites is 2. The smallest absolute Gasteiger partial charge is 0.163 e. The first kappa shape index (κ1) is 18.0. The number of ether oxygens (including phenoxy) is 1. The summed E-state index contributed by atoms with van der Waals surface area (Å²) in [5.41, 5.74) is 5.10. The van der Waals surface area contributed by atoms with Gasteiger partial charge in [0, 0.05) is 22.6 Å². The first-order valence-corrected chi connectivity index (χ1v) is 10.7. The Kier molecular flexibility index (Phi) is 4.60. The van der Waals surface area contributed by atoms with Crippen LogP contribution in [0.3, 0.4) is 0 Å². The van der Waals surface area contributed by atoms with Crippen molar-refractivity contribution >= 4 is 28.5 Å². The number of anilines is 2. The van der Waals surface area contributed by atoms with Gasteiger partial charge in [-0.25, -0.2) is 0 Å². The zero-order chi connectivity index (χ0) is 19.8. The van der Waals surface area contributed by atoms with Crippen molar-refractivity contribution in [1.82, 2.24) is 0 Å². The molecule has 0 unspecified atom stereocenters. The molecule has 1 aliphatic heterocycles. The maximum absolute atomic E-state index is 13.4. The minimum Gasteiger partial charge on any atom is -0.497 e. The Labute approximate surface area is 174 Å². The van der Waals surface area contributed by atoms with Crippen molar-refractivity contribution in [1.29, 1.82) is 0 Å². The third kappa shape index (κ3) is 3.32. The number of carbonyl (C=O) groups is 1. The highest BCUT2D eigenvalue weighted by atomic mass is 32.1. The molecule has 1 aromatic heterocycles. The van der Waals surface area contributed by atoms with Crippen molar-refractivity contribution in [3.05, 3.63) is 87.8 Å². The van der Waals surface area contributed by atoms with Crippen LogP contribution in [0.1, 0.15) is 35.2 Å². The van der Waals surface area contributed by atoms with E-state index in [2.05, 4.69) is 46.3 Å². The number of allylic oxidation sites excluding steroid dienone is 1. The first-order valence-electron chi connectivity index (χ1n) is 9.79. The van der Waals surface area contributed by atoms with E-state index in [1.165, 1.54) is 5.56 Å². The highest BCUT2D eigenvalue weighted by Gasteiger charge is 2.36. The van der Waals surface area contributed by atoms with Gasteiger partial charge in [-0.05, 0) is 53.6 Å². The molecule has 0 fully saturated rings. The summed E-state index contributed by atoms with van der Waals surface area (Å²) in [5, 5.41) is 9.26. The van der Waals surface area contributed by atoms with E-state index in [-0.39, 0.29) is 17.7 Å². The molecule has 5 rings (SSSR count). The minimum absolute atomic E-state index is 0.120. The van der Waals surface area contributed by atoms with Crippen LogP contribution in [-0.2, 0) is 4.79 Å². The lowest BCUT2D eigenvalue weighted by Gasteiger charge is -2.29. The second-order valence-electron chi connectivity index (χ2n) is 7.46. The molecule has 2 aromatic carbocycles. The fourth-order valence-corrected chi connectivity index (χ4v) is 5.06. The molecule has 2 N–H and O–H groups in total. The van der Waals surface area contributed by atoms with Crippen LogP contribution in [0, 0.1) is 0 Å². The molecule has 0 amide bonds. The third-order valence-electron chi connectivity index (χ3n) is 5.72. The molecule has 0 spiro atoms. The Morgan fingerprint density at radius 3 is 2.48 bits per heavy atom. The van der Waals surface area contributed by atoms with Gasteiger partial charge >= 0.3 is 0 Å². The Morgan fingerprint density at radius 1 is 0.966 bits per heavy atom. The van der Waals surface area contributed by atoms with Gasteiger partial charge in [0.05, 0.1) is 24.5 Å². The predicted molar refractivity (Wildman–Crippen MR) is 118 cm³/mol. The summed E-state index contributed by atoms with van der Waals surface area (Å²) in [6.07, 6.45) is 1.33. The van der Waals surface area contributed by atoms with E-state index in [0.717, 1.165) is 39.7 Å². The van der Waals surface area contributed by atoms with Gasteiger partial charge in [0.1, 0.15) is 5.75 Å². The SMILES string of the molecule is COc1ccc([C@H]2CC(=O)C3=C(C2)Nc2ccccc2N[C@H]3c2cccs2)cc1. The van der Waals surface area contributed by atoms with Gasteiger partial charge in [0.2, 0.25) is 0 Å². The molecule has 3 aromatic rings. The number of benzene rings is 2. The normalized spacial score (nSPS) is 20.8. The quantitative estimate of drug-likeness (QED) is 0.587. The van der Waals surface area contributed by atoms with E-state index in [1.54, 1.807) is 18.4 Å². The molecule has 0 saturated heterocycles. The number of Topliss-reactive ketones (excluding diaryl/α,β-unsaturated/α-hetero) is 1. The number of rotatable bonds is 3. The maximum atomic E-state index is 13.4. The molecule has 2 atom stereocenters. The summed E-state index contributed by atoms with van der Waals surface area (Å²) in [6, 6.07) is 20.3. The summed E-state index contributed by atoms with van der Waals surface area (Å²) in [7, 11) is 1.67. The van der Waals surface area contributed by atoms with Crippen molar-refractivity contribution in [2.24, 2.45) is 0 Å². The summed E-state index contributed by atoms with van der Waals surface area (Å²) < 4.78 is 5.28. The standard InChI is InChI=1S/C24H22N2O2S/c1-28-17-10-8-15(9-11-17)16-13-20-23(21(27)14-16)24(22-7-4-12-29-22)26-19-6-3-2-5-18(19)25-20/h2-12,16,24-26H,13-14H2,1H3/t16-,24+/m1/s1. The number of ketones is 1. The molecule has 1 aliphatic carbocycles. The summed E-state index contributed by atoms with van der Waals surface area (Å²) >= 11 is 1.68. The van der Waals surface area contributed by atoms with Crippen LogP contribution in [0.25, 0.3) is 0 Å². The van der Waals surface area contributed by atoms with E-state index in [9.17, 15) is 4.79 Å². The second-order valence-corrected chi connectivity index (χ2v) is 8.44. The lowest BCUT2D eigenvalue weighted by atomic mass is 9.79. The number of hydrogen-bond donors (Lipinski definition) is 2. The third-order valence-corrected chi connectivity index (χ3v) is 6.66. The van der Waals surface area contributed by atoms with Gasteiger partial charge in [0.15, 0.2) is 5.78 Å². The van der Waals surface area contributed by atoms with E-state index in [1.807, 2.05) is 30.3 Å². The molecular formula is C24H22N2O2S. The van der Waals surface area contributed by atoms with Crippen LogP contribution in [-0.4, -0.2) is 12.9 Å². The largest absolute Gasteiger partial charge is 0.497 e. The molecule has 4 nitrogen and oxygen atoms in total. The minimum atomic E-state index is -0.120. The van der Waals surface area contributed by atoms with Gasteiger partial charge in [0.25, 0.3) is 0 Å². The topological polar surface area (TPSA) is 50.4 Å². The monoisotopic (exact) mass is 402 g/mol. The van der Waals surface area contributed by atoms with E-state index in [4.69, 9.17) is 4.74 Å². The van der Waals surface area contributed by atoms with Crippen LogP contribution >= 0.6 is 11.3 Å². The van der Waals surface area contributed by atoms with Crippen molar-refractivity contribution in [2.75, 3.05) is 17.7 Å². The molecule has 146 valence electrons. The van der Waals surface area contributed by atoms with Crippen LogP contribution in [0.15, 0.2) is 77.3 Å². The fourth-order valence-electron chi connectivity index (χ4n) is 4.27. The van der Waals surface area contributed by atoms with Gasteiger partial charge < -0.3 is 15.4 Å². The van der Waals surface area contributed by atoms with E-state index in [0.29, 0.717) is 6.42 Å². The first-order chi connectivity index (χ1) is 14.2. The maximum Gasteiger partial charge on any atom is 0.163 e. The van der Waals surface area contributed by atoms with Crippen molar-refractivity contribution < 1.29 is 9.53 Å². The van der Waals surface area contributed by atoms with Crippen LogP contribution in [0.5, 0.6) is 5.75 Å². The highest BCUT2D eigenvalue weighted by Crippen LogP contribution is 2.45. The average Bonchev–Trinajstić information content (AvgIpc) is 3.22. The van der Waals surface area contributed by atoms with E-state index < -0.39 is 0 Å².